The molecule has 210 valence electrons. The summed E-state index contributed by atoms with van der Waals surface area (Å²) in [7, 11) is -8.20. The zero-order chi connectivity index (χ0) is 28.4. The average Bonchev–Trinajstić information content (AvgIpc) is 3.34. The minimum Gasteiger partial charge on any atom is -0.340 e. The maximum Gasteiger partial charge on any atom is 0.280 e. The number of aromatic nitrogens is 2. The molecule has 0 amide bonds. The van der Waals surface area contributed by atoms with Crippen LogP contribution in [0.2, 0.25) is 10.0 Å². The summed E-state index contributed by atoms with van der Waals surface area (Å²) in [5, 5.41) is 4.42. The van der Waals surface area contributed by atoms with Gasteiger partial charge in [0.1, 0.15) is 5.82 Å². The molecule has 0 atom stereocenters. The molecule has 3 aromatic rings. The molecule has 1 aliphatic rings. The first-order valence-electron chi connectivity index (χ1n) is 12.2. The number of hydrogen-bond donors (Lipinski definition) is 4. The van der Waals surface area contributed by atoms with Crippen LogP contribution in [0, 0.1) is 0 Å². The van der Waals surface area contributed by atoms with E-state index >= 15 is 0 Å². The van der Waals surface area contributed by atoms with Gasteiger partial charge in [-0.2, -0.15) is 16.8 Å². The number of nitrogens with one attached hydrogen (secondary N) is 2. The molecule has 1 aromatic heterocycles. The van der Waals surface area contributed by atoms with E-state index in [-0.39, 0.29) is 24.3 Å². The van der Waals surface area contributed by atoms with Crippen LogP contribution in [0.3, 0.4) is 0 Å². The number of imidazole rings is 1. The van der Waals surface area contributed by atoms with Crippen LogP contribution in [0.4, 0.5) is 11.4 Å². The van der Waals surface area contributed by atoms with Crippen molar-refractivity contribution in [3.63, 3.8) is 0 Å². The highest BCUT2D eigenvalue weighted by atomic mass is 35.5. The Kier molecular flexibility index (Phi) is 8.94. The number of allylic oxidation sites excluding steroid dienone is 2. The summed E-state index contributed by atoms with van der Waals surface area (Å²) in [4.78, 5) is 5.27. The molecule has 2 heterocycles. The van der Waals surface area contributed by atoms with Gasteiger partial charge in [-0.3, -0.25) is 9.11 Å². The highest BCUT2D eigenvalue weighted by Crippen LogP contribution is 2.39. The topological polar surface area (TPSA) is 144 Å². The fourth-order valence-electron chi connectivity index (χ4n) is 4.46. The van der Waals surface area contributed by atoms with E-state index in [4.69, 9.17) is 23.2 Å². The third kappa shape index (κ3) is 7.74. The molecule has 39 heavy (non-hydrogen) atoms. The Labute approximate surface area is 237 Å². The van der Waals surface area contributed by atoms with Crippen LogP contribution in [0.15, 0.2) is 53.9 Å². The van der Waals surface area contributed by atoms with Crippen LogP contribution >= 0.6 is 23.2 Å². The van der Waals surface area contributed by atoms with E-state index in [9.17, 15) is 25.9 Å². The van der Waals surface area contributed by atoms with Crippen molar-refractivity contribution in [1.82, 2.24) is 4.98 Å². The summed E-state index contributed by atoms with van der Waals surface area (Å²) in [5.74, 6) is 0.690. The smallest absolute Gasteiger partial charge is 0.280 e. The second kappa shape index (κ2) is 11.9. The molecule has 0 spiro atoms. The Bertz CT molecular complexity index is 1670. The van der Waals surface area contributed by atoms with E-state index in [0.29, 0.717) is 41.2 Å². The van der Waals surface area contributed by atoms with Crippen molar-refractivity contribution >= 4 is 71.9 Å². The monoisotopic (exact) mass is 615 g/mol. The number of H-pyrrole nitrogens is 1. The lowest BCUT2D eigenvalue weighted by molar-refractivity contribution is -0.672. The summed E-state index contributed by atoms with van der Waals surface area (Å²) in [6.45, 7) is 2.64. The largest absolute Gasteiger partial charge is 0.340 e. The molecule has 14 heteroatoms. The van der Waals surface area contributed by atoms with Gasteiger partial charge in [0.25, 0.3) is 26.1 Å². The van der Waals surface area contributed by atoms with Crippen LogP contribution < -0.4 is 14.8 Å². The molecule has 4 N–H and O–H groups in total. The Morgan fingerprint density at radius 2 is 1.67 bits per heavy atom. The molecule has 0 fully saturated rings. The van der Waals surface area contributed by atoms with Crippen LogP contribution in [-0.4, -0.2) is 49.0 Å². The van der Waals surface area contributed by atoms with Crippen molar-refractivity contribution in [3.05, 3.63) is 69.7 Å². The summed E-state index contributed by atoms with van der Waals surface area (Å²) in [5.41, 5.74) is 4.12. The van der Waals surface area contributed by atoms with Crippen LogP contribution in [-0.2, 0) is 26.8 Å². The predicted molar refractivity (Wildman–Crippen MR) is 154 cm³/mol. The van der Waals surface area contributed by atoms with Crippen LogP contribution in [0.1, 0.15) is 32.0 Å². The number of fused-ring (bicyclic) bond motifs is 2. The van der Waals surface area contributed by atoms with E-state index < -0.39 is 20.2 Å². The van der Waals surface area contributed by atoms with Gasteiger partial charge in [-0.15, -0.1) is 0 Å². The number of aromatic amines is 1. The molecule has 10 nitrogen and oxygen atoms in total. The number of rotatable bonds is 11. The van der Waals surface area contributed by atoms with Crippen molar-refractivity contribution in [2.24, 2.45) is 0 Å². The molecule has 0 radical (unpaired) electrons. The second-order valence-electron chi connectivity index (χ2n) is 9.14. The van der Waals surface area contributed by atoms with Crippen LogP contribution in [0.25, 0.3) is 17.1 Å². The van der Waals surface area contributed by atoms with Gasteiger partial charge in [0, 0.05) is 35.2 Å². The summed E-state index contributed by atoms with van der Waals surface area (Å²) >= 11 is 12.5. The van der Waals surface area contributed by atoms with Gasteiger partial charge in [-0.25, -0.2) is 9.55 Å². The van der Waals surface area contributed by atoms with E-state index in [0.717, 1.165) is 28.0 Å². The van der Waals surface area contributed by atoms with E-state index in [1.165, 1.54) is 0 Å². The lowest BCUT2D eigenvalue weighted by Crippen LogP contribution is -2.36. The number of hydrogen-bond acceptors (Lipinski definition) is 6. The first-order chi connectivity index (χ1) is 18.3. The SMILES string of the molecule is CCC(=Cc1[nH]c2ccc(Cl)cc2[n+]1CCCS(=O)(=O)O)C=C1Nc2ccc(Cl)cc2N1CCCS(=O)(=O)O. The molecular weight excluding hydrogens is 587 g/mol. The third-order valence-corrected chi connectivity index (χ3v) is 8.31. The molecule has 0 saturated heterocycles. The third-order valence-electron chi connectivity index (χ3n) is 6.23. The van der Waals surface area contributed by atoms with Gasteiger partial charge in [-0.1, -0.05) is 30.1 Å². The Morgan fingerprint density at radius 3 is 2.36 bits per heavy atom. The van der Waals surface area contributed by atoms with Crippen molar-refractivity contribution in [2.75, 3.05) is 28.3 Å². The fraction of sp³-hybridized carbons (Fsp3) is 0.320. The standard InChI is InChI=1S/C25H28Cl2N4O6S2/c1-2-17(13-24-28-20-7-5-18(26)15-22(20)30(24)9-3-11-38(32,33)34)14-25-29-21-8-6-19(27)16-23(21)31(25)10-4-12-39(35,36)37/h5-8,13-16H,2-4,9-12H2,1H3,(H3,28,29,32,33,34,35,36,37)/p+1. The summed E-state index contributed by atoms with van der Waals surface area (Å²) in [6.07, 6.45) is 4.93. The van der Waals surface area contributed by atoms with E-state index in [2.05, 4.69) is 10.3 Å². The predicted octanol–water partition coefficient (Wildman–Crippen LogP) is 4.88. The molecule has 0 unspecified atom stereocenters. The van der Waals surface area contributed by atoms with E-state index in [1.807, 2.05) is 40.7 Å². The molecule has 0 saturated carbocycles. The van der Waals surface area contributed by atoms with Crippen molar-refractivity contribution in [1.29, 1.82) is 0 Å². The first kappa shape index (κ1) is 29.4. The van der Waals surface area contributed by atoms with Gasteiger partial charge < -0.3 is 10.2 Å². The Hall–Kier alpha value is -2.61. The van der Waals surface area contributed by atoms with Crippen molar-refractivity contribution < 1.29 is 30.5 Å². The summed E-state index contributed by atoms with van der Waals surface area (Å²) < 4.78 is 65.4. The number of nitrogens with zero attached hydrogens (tertiary/aromatic N) is 2. The number of aryl methyl sites for hydroxylation is 1. The number of benzene rings is 2. The molecule has 2 aromatic carbocycles. The van der Waals surface area contributed by atoms with Gasteiger partial charge in [0.15, 0.2) is 11.0 Å². The van der Waals surface area contributed by atoms with Gasteiger partial charge in [-0.05, 0) is 54.8 Å². The zero-order valence-corrected chi connectivity index (χ0v) is 24.2. The average molecular weight is 617 g/mol. The normalized spacial score (nSPS) is 15.3. The lowest BCUT2D eigenvalue weighted by atomic mass is 10.1. The van der Waals surface area contributed by atoms with Crippen molar-refractivity contribution in [3.8, 4) is 0 Å². The highest BCUT2D eigenvalue weighted by Gasteiger charge is 2.25. The molecular formula is C25H29Cl2N4O6S2+. The minimum atomic E-state index is -4.10. The highest BCUT2D eigenvalue weighted by molar-refractivity contribution is 7.86. The maximum atomic E-state index is 11.3. The summed E-state index contributed by atoms with van der Waals surface area (Å²) in [6, 6.07) is 10.8. The molecule has 0 bridgehead atoms. The van der Waals surface area contributed by atoms with Gasteiger partial charge >= 0.3 is 0 Å². The van der Waals surface area contributed by atoms with Crippen LogP contribution in [0.5, 0.6) is 0 Å². The number of halogens is 2. The fourth-order valence-corrected chi connectivity index (χ4v) is 5.78. The molecule has 4 rings (SSSR count). The maximum absolute atomic E-state index is 11.3. The number of anilines is 2. The Balaban J connectivity index is 1.71. The van der Waals surface area contributed by atoms with Gasteiger partial charge in [0.2, 0.25) is 0 Å². The van der Waals surface area contributed by atoms with E-state index in [1.54, 1.807) is 24.3 Å². The second-order valence-corrected chi connectivity index (χ2v) is 13.2. The molecule has 0 aliphatic carbocycles. The zero-order valence-electron chi connectivity index (χ0n) is 21.1. The van der Waals surface area contributed by atoms with Crippen molar-refractivity contribution in [2.45, 2.75) is 32.7 Å². The van der Waals surface area contributed by atoms with Gasteiger partial charge in [0.05, 0.1) is 29.4 Å². The lowest BCUT2D eigenvalue weighted by Gasteiger charge is -2.20. The molecule has 1 aliphatic heterocycles. The Morgan fingerprint density at radius 1 is 1.00 bits per heavy atom. The first-order valence-corrected chi connectivity index (χ1v) is 16.2. The minimum absolute atomic E-state index is 0.200. The quantitative estimate of drug-likeness (QED) is 0.176.